The quantitative estimate of drug-likeness (QED) is 0.377. The molecule has 1 aliphatic rings. The van der Waals surface area contributed by atoms with Crippen LogP contribution in [0.1, 0.15) is 38.7 Å². The molecular formula is C30H26N4O2. The Kier molecular flexibility index (Phi) is 6.58. The number of benzene rings is 3. The minimum Gasteiger partial charge on any atom is -0.322 e. The van der Waals surface area contributed by atoms with Gasteiger partial charge in [0.15, 0.2) is 0 Å². The van der Waals surface area contributed by atoms with Gasteiger partial charge in [-0.25, -0.2) is 0 Å². The Balaban J connectivity index is 1.25. The molecule has 0 spiro atoms. The molecule has 1 aromatic heterocycles. The lowest BCUT2D eigenvalue weighted by Gasteiger charge is -2.16. The van der Waals surface area contributed by atoms with Crippen molar-refractivity contribution >= 4 is 17.6 Å². The molecule has 2 amide bonds. The first-order chi connectivity index (χ1) is 17.6. The number of allylic oxidation sites excluding steroid dienone is 3. The fourth-order valence-corrected chi connectivity index (χ4v) is 4.25. The molecule has 6 nitrogen and oxygen atoms in total. The molecule has 0 fully saturated rings. The third-order valence-corrected chi connectivity index (χ3v) is 6.17. The molecule has 2 N–H and O–H groups in total. The first-order valence-corrected chi connectivity index (χ1v) is 11.8. The highest BCUT2D eigenvalue weighted by molar-refractivity contribution is 6.04. The van der Waals surface area contributed by atoms with Gasteiger partial charge in [-0.2, -0.15) is 5.10 Å². The van der Waals surface area contributed by atoms with Crippen LogP contribution >= 0.6 is 0 Å². The zero-order valence-corrected chi connectivity index (χ0v) is 19.9. The van der Waals surface area contributed by atoms with Crippen molar-refractivity contribution in [3.63, 3.8) is 0 Å². The molecule has 3 aromatic carbocycles. The van der Waals surface area contributed by atoms with E-state index in [0.29, 0.717) is 23.4 Å². The van der Waals surface area contributed by atoms with Gasteiger partial charge in [-0.1, -0.05) is 78.9 Å². The molecule has 1 unspecified atom stereocenters. The van der Waals surface area contributed by atoms with Crippen LogP contribution in [0.4, 0.5) is 5.82 Å². The summed E-state index contributed by atoms with van der Waals surface area (Å²) in [6.07, 6.45) is 6.64. The Morgan fingerprint density at radius 3 is 2.28 bits per heavy atom. The normalized spacial score (nSPS) is 14.7. The molecular weight excluding hydrogens is 448 g/mol. The molecule has 1 aliphatic carbocycles. The fourth-order valence-electron chi connectivity index (χ4n) is 4.25. The third kappa shape index (κ3) is 5.03. The van der Waals surface area contributed by atoms with Gasteiger partial charge in [0.05, 0.1) is 5.69 Å². The molecule has 36 heavy (non-hydrogen) atoms. The van der Waals surface area contributed by atoms with Crippen molar-refractivity contribution in [2.75, 3.05) is 5.32 Å². The van der Waals surface area contributed by atoms with Gasteiger partial charge in [-0.05, 0) is 41.8 Å². The molecule has 0 bridgehead atoms. The lowest BCUT2D eigenvalue weighted by Crippen LogP contribution is -2.23. The van der Waals surface area contributed by atoms with Gasteiger partial charge in [0.25, 0.3) is 11.8 Å². The first kappa shape index (κ1) is 23.1. The Bertz CT molecular complexity index is 1450. The van der Waals surface area contributed by atoms with E-state index in [4.69, 9.17) is 0 Å². The Morgan fingerprint density at radius 2 is 1.56 bits per heavy atom. The number of hydrogen-bond donors (Lipinski definition) is 2. The van der Waals surface area contributed by atoms with Gasteiger partial charge in [0.1, 0.15) is 5.82 Å². The number of anilines is 1. The molecule has 4 aromatic rings. The van der Waals surface area contributed by atoms with Crippen LogP contribution in [0.5, 0.6) is 0 Å². The van der Waals surface area contributed by atoms with Crippen LogP contribution in [0.15, 0.2) is 115 Å². The van der Waals surface area contributed by atoms with Crippen molar-refractivity contribution in [1.29, 1.82) is 0 Å². The van der Waals surface area contributed by atoms with Gasteiger partial charge >= 0.3 is 0 Å². The summed E-state index contributed by atoms with van der Waals surface area (Å²) in [5.41, 5.74) is 4.73. The monoisotopic (exact) mass is 474 g/mol. The van der Waals surface area contributed by atoms with Gasteiger partial charge < -0.3 is 10.6 Å². The Labute approximate surface area is 210 Å². The standard InChI is InChI=1S/C30H26N4O2/c1-34-28(32-29(35)23-12-6-3-7-13-23)20-27(33-34)22-16-18-24(19-17-22)31-30(36)26-15-9-8-14-25(26)21-10-4-2-5-11-21/h2-16,18-20,22H,17H2,1H3,(H,31,36)(H,32,35). The summed E-state index contributed by atoms with van der Waals surface area (Å²) in [6.45, 7) is 0. The average molecular weight is 475 g/mol. The highest BCUT2D eigenvalue weighted by Gasteiger charge is 2.19. The molecule has 6 heteroatoms. The fraction of sp³-hybridized carbons (Fsp3) is 0.100. The van der Waals surface area contributed by atoms with E-state index in [2.05, 4.69) is 15.7 Å². The van der Waals surface area contributed by atoms with Crippen molar-refractivity contribution < 1.29 is 9.59 Å². The average Bonchev–Trinajstić information content (AvgIpc) is 3.29. The number of amides is 2. The second-order valence-electron chi connectivity index (χ2n) is 8.62. The predicted molar refractivity (Wildman–Crippen MR) is 142 cm³/mol. The number of nitrogens with one attached hydrogen (secondary N) is 2. The van der Waals surface area contributed by atoms with Crippen LogP contribution in [-0.2, 0) is 7.05 Å². The van der Waals surface area contributed by atoms with Crippen molar-refractivity contribution in [2.24, 2.45) is 7.05 Å². The van der Waals surface area contributed by atoms with Gasteiger partial charge in [-0.3, -0.25) is 14.3 Å². The lowest BCUT2D eigenvalue weighted by molar-refractivity contribution is 0.0966. The van der Waals surface area contributed by atoms with Crippen LogP contribution in [-0.4, -0.2) is 21.6 Å². The SMILES string of the molecule is Cn1nc(C2C=CC(NC(=O)c3ccccc3-c3ccccc3)=CC2)cc1NC(=O)c1ccccc1. The number of aromatic nitrogens is 2. The van der Waals surface area contributed by atoms with Crippen molar-refractivity contribution in [3.8, 4) is 11.1 Å². The topological polar surface area (TPSA) is 76.0 Å². The largest absolute Gasteiger partial charge is 0.322 e. The molecule has 1 heterocycles. The van der Waals surface area contributed by atoms with E-state index in [1.54, 1.807) is 16.8 Å². The Morgan fingerprint density at radius 1 is 0.861 bits per heavy atom. The van der Waals surface area contributed by atoms with Gasteiger partial charge in [0, 0.05) is 35.9 Å². The molecule has 0 radical (unpaired) electrons. The number of aryl methyl sites for hydroxylation is 1. The summed E-state index contributed by atoms with van der Waals surface area (Å²) in [5.74, 6) is 0.362. The smallest absolute Gasteiger partial charge is 0.256 e. The minimum atomic E-state index is -0.176. The van der Waals surface area contributed by atoms with Crippen LogP contribution in [0.25, 0.3) is 11.1 Å². The Hall–Kier alpha value is -4.71. The number of nitrogens with zero attached hydrogens (tertiary/aromatic N) is 2. The first-order valence-electron chi connectivity index (χ1n) is 11.8. The van der Waals surface area contributed by atoms with Crippen molar-refractivity contribution in [3.05, 3.63) is 132 Å². The number of hydrogen-bond acceptors (Lipinski definition) is 3. The van der Waals surface area contributed by atoms with E-state index in [-0.39, 0.29) is 17.7 Å². The van der Waals surface area contributed by atoms with E-state index in [9.17, 15) is 9.59 Å². The second kappa shape index (κ2) is 10.3. The molecule has 0 aliphatic heterocycles. The molecule has 1 atom stereocenters. The predicted octanol–water partition coefficient (Wildman–Crippen LogP) is 5.70. The van der Waals surface area contributed by atoms with Gasteiger partial charge in [-0.15, -0.1) is 0 Å². The minimum absolute atomic E-state index is 0.0517. The summed E-state index contributed by atoms with van der Waals surface area (Å²) in [4.78, 5) is 25.6. The van der Waals surface area contributed by atoms with Crippen LogP contribution in [0.2, 0.25) is 0 Å². The van der Waals surface area contributed by atoms with Crippen molar-refractivity contribution in [1.82, 2.24) is 15.1 Å². The number of rotatable bonds is 6. The molecule has 0 saturated carbocycles. The maximum Gasteiger partial charge on any atom is 0.256 e. The second-order valence-corrected chi connectivity index (χ2v) is 8.62. The summed E-state index contributed by atoms with van der Waals surface area (Å²) in [5, 5.41) is 10.5. The number of carbonyl (C=O) groups is 2. The zero-order chi connectivity index (χ0) is 24.9. The summed E-state index contributed by atoms with van der Waals surface area (Å²) in [7, 11) is 1.81. The van der Waals surface area contributed by atoms with E-state index >= 15 is 0 Å². The molecule has 0 saturated heterocycles. The van der Waals surface area contributed by atoms with E-state index < -0.39 is 0 Å². The van der Waals surface area contributed by atoms with E-state index in [1.807, 2.05) is 104 Å². The van der Waals surface area contributed by atoms with Crippen LogP contribution in [0.3, 0.4) is 0 Å². The third-order valence-electron chi connectivity index (χ3n) is 6.17. The highest BCUT2D eigenvalue weighted by Crippen LogP contribution is 2.28. The lowest BCUT2D eigenvalue weighted by atomic mass is 9.95. The van der Waals surface area contributed by atoms with Crippen molar-refractivity contribution in [2.45, 2.75) is 12.3 Å². The van der Waals surface area contributed by atoms with E-state index in [0.717, 1.165) is 22.5 Å². The maximum atomic E-state index is 13.1. The van der Waals surface area contributed by atoms with Crippen LogP contribution in [0, 0.1) is 0 Å². The van der Waals surface area contributed by atoms with Gasteiger partial charge in [0.2, 0.25) is 0 Å². The van der Waals surface area contributed by atoms with E-state index in [1.165, 1.54) is 0 Å². The molecule has 178 valence electrons. The zero-order valence-electron chi connectivity index (χ0n) is 19.9. The maximum absolute atomic E-state index is 13.1. The summed E-state index contributed by atoms with van der Waals surface area (Å²) < 4.78 is 1.67. The molecule has 5 rings (SSSR count). The number of carbonyl (C=O) groups excluding carboxylic acids is 2. The van der Waals surface area contributed by atoms with Crippen LogP contribution < -0.4 is 10.6 Å². The summed E-state index contributed by atoms with van der Waals surface area (Å²) >= 11 is 0. The highest BCUT2D eigenvalue weighted by atomic mass is 16.2. The summed E-state index contributed by atoms with van der Waals surface area (Å²) in [6, 6.07) is 28.5.